The fraction of sp³-hybridized carbons (Fsp3) is 0.800. The Hall–Kier alpha value is -1.34. The summed E-state index contributed by atoms with van der Waals surface area (Å²) in [5.74, 6) is -1.16. The molecule has 7 heteroatoms. The van der Waals surface area contributed by atoms with Gasteiger partial charge in [0, 0.05) is 25.6 Å². The van der Waals surface area contributed by atoms with Crippen LogP contribution in [0, 0.1) is 0 Å². The molecule has 0 aromatic rings. The number of aliphatic hydroxyl groups is 1. The molecule has 0 aliphatic rings. The molecule has 0 saturated heterocycles. The number of likely N-dealkylation sites (N-methyl/N-ethyl adjacent to an activating group) is 1. The molecule has 0 aliphatic heterocycles. The van der Waals surface area contributed by atoms with Crippen molar-refractivity contribution in [3.8, 4) is 0 Å². The van der Waals surface area contributed by atoms with Gasteiger partial charge in [-0.1, -0.05) is 0 Å². The Bertz CT molecular complexity index is 258. The predicted octanol–water partition coefficient (Wildman–Crippen LogP) is -0.929. The maximum atomic E-state index is 11.4. The summed E-state index contributed by atoms with van der Waals surface area (Å²) in [4.78, 5) is 24.1. The van der Waals surface area contributed by atoms with E-state index in [0.29, 0.717) is 6.54 Å². The van der Waals surface area contributed by atoms with Crippen LogP contribution in [0.4, 0.5) is 4.79 Å². The van der Waals surface area contributed by atoms with E-state index in [9.17, 15) is 9.59 Å². The lowest BCUT2D eigenvalue weighted by Crippen LogP contribution is -2.50. The molecule has 17 heavy (non-hydrogen) atoms. The van der Waals surface area contributed by atoms with Crippen molar-refractivity contribution >= 4 is 12.0 Å². The van der Waals surface area contributed by atoms with Crippen molar-refractivity contribution in [3.63, 3.8) is 0 Å². The second kappa shape index (κ2) is 7.86. The van der Waals surface area contributed by atoms with Crippen LogP contribution in [0.3, 0.4) is 0 Å². The monoisotopic (exact) mass is 247 g/mol. The second-order valence-electron chi connectivity index (χ2n) is 4.18. The first-order valence-electron chi connectivity index (χ1n) is 5.42. The van der Waals surface area contributed by atoms with Gasteiger partial charge in [-0.05, 0) is 21.0 Å². The Morgan fingerprint density at radius 3 is 2.29 bits per heavy atom. The summed E-state index contributed by atoms with van der Waals surface area (Å²) in [6, 6.07) is -1.69. The standard InChI is InChI=1S/C10H21N3O4/c1-7(6-13(2)3)11-10(17)12-8(4-5-14)9(15)16/h7-8,14H,4-6H2,1-3H3,(H,15,16)(H2,11,12,17). The third-order valence-electron chi connectivity index (χ3n) is 2.04. The smallest absolute Gasteiger partial charge is 0.326 e. The van der Waals surface area contributed by atoms with E-state index < -0.39 is 18.0 Å². The number of nitrogens with zero attached hydrogens (tertiary/aromatic N) is 1. The van der Waals surface area contributed by atoms with Crippen molar-refractivity contribution in [2.45, 2.75) is 25.4 Å². The van der Waals surface area contributed by atoms with Crippen molar-refractivity contribution < 1.29 is 19.8 Å². The summed E-state index contributed by atoms with van der Waals surface area (Å²) >= 11 is 0. The predicted molar refractivity (Wildman–Crippen MR) is 62.8 cm³/mol. The number of carboxylic acid groups (broad SMARTS) is 1. The Kier molecular flexibility index (Phi) is 7.24. The van der Waals surface area contributed by atoms with E-state index in [0.717, 1.165) is 0 Å². The molecule has 0 heterocycles. The van der Waals surface area contributed by atoms with Crippen LogP contribution < -0.4 is 10.6 Å². The first kappa shape index (κ1) is 15.7. The van der Waals surface area contributed by atoms with E-state index in [1.165, 1.54) is 0 Å². The van der Waals surface area contributed by atoms with Crippen LogP contribution in [-0.2, 0) is 4.79 Å². The Balaban J connectivity index is 4.09. The zero-order chi connectivity index (χ0) is 13.4. The number of aliphatic carboxylic acids is 1. The summed E-state index contributed by atoms with van der Waals surface area (Å²) in [6.07, 6.45) is -0.00911. The highest BCUT2D eigenvalue weighted by Gasteiger charge is 2.19. The van der Waals surface area contributed by atoms with E-state index in [1.807, 2.05) is 25.9 Å². The Labute approximate surface area is 101 Å². The van der Waals surface area contributed by atoms with Gasteiger partial charge in [0.15, 0.2) is 0 Å². The molecule has 100 valence electrons. The minimum atomic E-state index is -1.16. The third-order valence-corrected chi connectivity index (χ3v) is 2.04. The number of rotatable bonds is 7. The summed E-state index contributed by atoms with van der Waals surface area (Å²) < 4.78 is 0. The molecule has 0 rings (SSSR count). The average molecular weight is 247 g/mol. The molecule has 7 nitrogen and oxygen atoms in total. The molecular weight excluding hydrogens is 226 g/mol. The normalized spacial score (nSPS) is 14.2. The highest BCUT2D eigenvalue weighted by Crippen LogP contribution is 1.92. The number of hydrogen-bond acceptors (Lipinski definition) is 4. The summed E-state index contributed by atoms with van der Waals surface area (Å²) in [5, 5.41) is 22.3. The highest BCUT2D eigenvalue weighted by molar-refractivity contribution is 5.82. The van der Waals surface area contributed by atoms with Gasteiger partial charge >= 0.3 is 12.0 Å². The summed E-state index contributed by atoms with van der Waals surface area (Å²) in [7, 11) is 3.75. The molecule has 0 radical (unpaired) electrons. The maximum absolute atomic E-state index is 11.4. The van der Waals surface area contributed by atoms with E-state index in [1.54, 1.807) is 0 Å². The van der Waals surface area contributed by atoms with Crippen LogP contribution in [0.2, 0.25) is 0 Å². The highest BCUT2D eigenvalue weighted by atomic mass is 16.4. The van der Waals surface area contributed by atoms with Crippen LogP contribution in [0.25, 0.3) is 0 Å². The number of carboxylic acids is 1. The quantitative estimate of drug-likeness (QED) is 0.465. The zero-order valence-corrected chi connectivity index (χ0v) is 10.4. The van der Waals surface area contributed by atoms with Gasteiger partial charge in [0.05, 0.1) is 0 Å². The summed E-state index contributed by atoms with van der Waals surface area (Å²) in [6.45, 7) is 2.19. The lowest BCUT2D eigenvalue weighted by Gasteiger charge is -2.20. The molecule has 0 aromatic carbocycles. The van der Waals surface area contributed by atoms with Gasteiger partial charge in [0.25, 0.3) is 0 Å². The second-order valence-corrected chi connectivity index (χ2v) is 4.18. The minimum absolute atomic E-state index is 0.00911. The van der Waals surface area contributed by atoms with Gasteiger partial charge < -0.3 is 25.7 Å². The lowest BCUT2D eigenvalue weighted by molar-refractivity contribution is -0.139. The SMILES string of the molecule is CC(CN(C)C)NC(=O)NC(CCO)C(=O)O. The first-order chi connectivity index (χ1) is 7.86. The molecule has 2 atom stereocenters. The first-order valence-corrected chi connectivity index (χ1v) is 5.42. The van der Waals surface area contributed by atoms with Crippen LogP contribution in [0.5, 0.6) is 0 Å². The maximum Gasteiger partial charge on any atom is 0.326 e. The number of carbonyl (C=O) groups is 2. The topological polar surface area (TPSA) is 102 Å². The summed E-state index contributed by atoms with van der Waals surface area (Å²) in [5.41, 5.74) is 0. The third kappa shape index (κ3) is 7.53. The Morgan fingerprint density at radius 1 is 1.29 bits per heavy atom. The Morgan fingerprint density at radius 2 is 1.88 bits per heavy atom. The molecule has 2 unspecified atom stereocenters. The molecule has 4 N–H and O–H groups in total. The molecule has 0 aliphatic carbocycles. The van der Waals surface area contributed by atoms with E-state index in [-0.39, 0.29) is 19.1 Å². The van der Waals surface area contributed by atoms with Crippen molar-refractivity contribution in [1.82, 2.24) is 15.5 Å². The molecule has 0 fully saturated rings. The number of amides is 2. The molecular formula is C10H21N3O4. The number of hydrogen-bond donors (Lipinski definition) is 4. The lowest BCUT2D eigenvalue weighted by atomic mass is 10.2. The zero-order valence-electron chi connectivity index (χ0n) is 10.4. The van der Waals surface area contributed by atoms with Crippen molar-refractivity contribution in [3.05, 3.63) is 0 Å². The van der Waals surface area contributed by atoms with E-state index >= 15 is 0 Å². The van der Waals surface area contributed by atoms with Gasteiger partial charge in [-0.2, -0.15) is 0 Å². The van der Waals surface area contributed by atoms with Gasteiger partial charge in [-0.15, -0.1) is 0 Å². The van der Waals surface area contributed by atoms with Crippen LogP contribution in [0.15, 0.2) is 0 Å². The van der Waals surface area contributed by atoms with Crippen molar-refractivity contribution in [2.75, 3.05) is 27.2 Å². The van der Waals surface area contributed by atoms with E-state index in [4.69, 9.17) is 10.2 Å². The number of aliphatic hydroxyl groups excluding tert-OH is 1. The van der Waals surface area contributed by atoms with Gasteiger partial charge in [0.2, 0.25) is 0 Å². The van der Waals surface area contributed by atoms with Crippen LogP contribution in [0.1, 0.15) is 13.3 Å². The van der Waals surface area contributed by atoms with Gasteiger partial charge in [-0.25, -0.2) is 9.59 Å². The van der Waals surface area contributed by atoms with E-state index in [2.05, 4.69) is 10.6 Å². The fourth-order valence-electron chi connectivity index (χ4n) is 1.40. The molecule has 0 aromatic heterocycles. The number of urea groups is 1. The van der Waals surface area contributed by atoms with Crippen molar-refractivity contribution in [2.24, 2.45) is 0 Å². The van der Waals surface area contributed by atoms with Crippen molar-refractivity contribution in [1.29, 1.82) is 0 Å². The van der Waals surface area contributed by atoms with Crippen LogP contribution >= 0.6 is 0 Å². The minimum Gasteiger partial charge on any atom is -0.480 e. The molecule has 2 amide bonds. The molecule has 0 bridgehead atoms. The molecule has 0 saturated carbocycles. The number of carbonyl (C=O) groups excluding carboxylic acids is 1. The van der Waals surface area contributed by atoms with Gasteiger partial charge in [0.1, 0.15) is 6.04 Å². The molecule has 0 spiro atoms. The largest absolute Gasteiger partial charge is 0.480 e. The average Bonchev–Trinajstić information content (AvgIpc) is 2.14. The number of nitrogens with one attached hydrogen (secondary N) is 2. The fourth-order valence-corrected chi connectivity index (χ4v) is 1.40. The van der Waals surface area contributed by atoms with Crippen LogP contribution in [-0.4, -0.2) is 66.4 Å². The van der Waals surface area contributed by atoms with Gasteiger partial charge in [-0.3, -0.25) is 0 Å².